The van der Waals surface area contributed by atoms with Crippen molar-refractivity contribution in [1.29, 1.82) is 0 Å². The van der Waals surface area contributed by atoms with Gasteiger partial charge in [-0.2, -0.15) is 0 Å². The van der Waals surface area contributed by atoms with Gasteiger partial charge in [-0.05, 0) is 37.3 Å². The third-order valence-electron chi connectivity index (χ3n) is 6.17. The molecule has 30 heavy (non-hydrogen) atoms. The fourth-order valence-electron chi connectivity index (χ4n) is 4.36. The Labute approximate surface area is 175 Å². The first-order valence-electron chi connectivity index (χ1n) is 10.3. The third-order valence-corrected chi connectivity index (χ3v) is 8.57. The minimum atomic E-state index is -3.21. The van der Waals surface area contributed by atoms with E-state index in [1.54, 1.807) is 22.9 Å². The molecule has 1 atom stereocenters. The van der Waals surface area contributed by atoms with E-state index in [1.165, 1.54) is 0 Å². The number of hydrogen-bond acceptors (Lipinski definition) is 6. The smallest absolute Gasteiger partial charge is 0.251 e. The Morgan fingerprint density at radius 2 is 2.07 bits per heavy atom. The maximum Gasteiger partial charge on any atom is 0.251 e. The van der Waals surface area contributed by atoms with Crippen LogP contribution >= 0.6 is 0 Å². The highest BCUT2D eigenvalue weighted by atomic mass is 32.2. The molecule has 1 saturated carbocycles. The number of amides is 1. The lowest BCUT2D eigenvalue weighted by atomic mass is 9.89. The maximum absolute atomic E-state index is 12.9. The fourth-order valence-corrected chi connectivity index (χ4v) is 6.20. The fraction of sp³-hybridized carbons (Fsp3) is 0.550. The largest absolute Gasteiger partial charge is 0.352 e. The zero-order chi connectivity index (χ0) is 20.8. The number of nitrogens with zero attached hydrogens (tertiary/aromatic N) is 4. The molecule has 2 aromatic heterocycles. The van der Waals surface area contributed by atoms with Crippen molar-refractivity contribution < 1.29 is 17.9 Å². The lowest BCUT2D eigenvalue weighted by molar-refractivity contribution is -0.171. The van der Waals surface area contributed by atoms with Gasteiger partial charge in [-0.15, -0.1) is 0 Å². The number of hydrogen-bond donors (Lipinski definition) is 1. The molecule has 1 amide bonds. The first-order chi connectivity index (χ1) is 14.5. The lowest BCUT2D eigenvalue weighted by Crippen LogP contribution is -2.54. The van der Waals surface area contributed by atoms with Crippen LogP contribution in [-0.4, -0.2) is 57.6 Å². The van der Waals surface area contributed by atoms with E-state index in [-0.39, 0.29) is 11.2 Å². The van der Waals surface area contributed by atoms with Gasteiger partial charge in [0.2, 0.25) is 10.0 Å². The summed E-state index contributed by atoms with van der Waals surface area (Å²) in [6, 6.07) is 3.73. The van der Waals surface area contributed by atoms with Gasteiger partial charge in [-0.25, -0.2) is 17.7 Å². The predicted octanol–water partition coefficient (Wildman–Crippen LogP) is 0.777. The average Bonchev–Trinajstić information content (AvgIpc) is 3.52. The molecule has 4 heterocycles. The monoisotopic (exact) mass is 431 g/mol. The molecule has 10 heteroatoms. The van der Waals surface area contributed by atoms with Crippen molar-refractivity contribution in [2.75, 3.05) is 13.1 Å². The van der Waals surface area contributed by atoms with Crippen LogP contribution in [0.2, 0.25) is 0 Å². The highest BCUT2D eigenvalue weighted by molar-refractivity contribution is 7.90. The number of pyridine rings is 1. The van der Waals surface area contributed by atoms with Gasteiger partial charge in [-0.3, -0.25) is 9.78 Å². The molecule has 3 aliphatic rings. The summed E-state index contributed by atoms with van der Waals surface area (Å²) in [5.74, 6) is 0.591. The zero-order valence-electron chi connectivity index (χ0n) is 16.6. The zero-order valence-corrected chi connectivity index (χ0v) is 17.4. The number of ether oxygens (including phenoxy) is 1. The Hall–Kier alpha value is -2.30. The second-order valence-electron chi connectivity index (χ2n) is 8.23. The van der Waals surface area contributed by atoms with Crippen LogP contribution in [0.25, 0.3) is 0 Å². The number of carbonyl (C=O) groups excluding carboxylic acids is 1. The number of piperidine rings is 1. The molecule has 160 valence electrons. The summed E-state index contributed by atoms with van der Waals surface area (Å²) in [6.45, 7) is 1.54. The normalized spacial score (nSPS) is 23.8. The first kappa shape index (κ1) is 19.7. The van der Waals surface area contributed by atoms with Gasteiger partial charge in [0.15, 0.2) is 6.10 Å². The van der Waals surface area contributed by atoms with E-state index in [9.17, 15) is 13.2 Å². The number of fused-ring (bicyclic) bond motifs is 2. The number of rotatable bonds is 5. The van der Waals surface area contributed by atoms with Crippen LogP contribution in [0.15, 0.2) is 36.9 Å². The van der Waals surface area contributed by atoms with Gasteiger partial charge in [0, 0.05) is 44.4 Å². The van der Waals surface area contributed by atoms with Gasteiger partial charge in [0.25, 0.3) is 5.91 Å². The minimum Gasteiger partial charge on any atom is -0.352 e. The van der Waals surface area contributed by atoms with Crippen LogP contribution < -0.4 is 5.32 Å². The number of carbonyl (C=O) groups is 1. The number of nitrogens with one attached hydrogen (secondary N) is 1. The summed E-state index contributed by atoms with van der Waals surface area (Å²) in [7, 11) is -3.21. The molecule has 0 aromatic carbocycles. The lowest BCUT2D eigenvalue weighted by Gasteiger charge is -2.45. The maximum atomic E-state index is 12.9. The van der Waals surface area contributed by atoms with Crippen LogP contribution in [0.1, 0.15) is 37.1 Å². The van der Waals surface area contributed by atoms with Gasteiger partial charge >= 0.3 is 0 Å². The minimum absolute atomic E-state index is 0.189. The molecule has 1 aliphatic carbocycles. The molecule has 1 N–H and O–H groups in total. The summed E-state index contributed by atoms with van der Waals surface area (Å²) in [5.41, 5.74) is 0.173. The average molecular weight is 432 g/mol. The molecule has 5 rings (SSSR count). The summed E-state index contributed by atoms with van der Waals surface area (Å²) in [4.78, 5) is 21.4. The number of aromatic nitrogens is 3. The Morgan fingerprint density at radius 3 is 2.77 bits per heavy atom. The highest BCUT2D eigenvalue weighted by Gasteiger charge is 2.50. The second-order valence-corrected chi connectivity index (χ2v) is 10.4. The molecule has 1 spiro atoms. The van der Waals surface area contributed by atoms with Gasteiger partial charge in [-0.1, -0.05) is 6.07 Å². The summed E-state index contributed by atoms with van der Waals surface area (Å²) >= 11 is 0. The Morgan fingerprint density at radius 1 is 1.27 bits per heavy atom. The Balaban J connectivity index is 1.30. The second kappa shape index (κ2) is 7.44. The summed E-state index contributed by atoms with van der Waals surface area (Å²) in [6.07, 6.45) is 8.80. The molecule has 0 radical (unpaired) electrons. The van der Waals surface area contributed by atoms with Gasteiger partial charge < -0.3 is 14.6 Å². The topological polar surface area (TPSA) is 106 Å². The van der Waals surface area contributed by atoms with Crippen LogP contribution in [0.3, 0.4) is 0 Å². The van der Waals surface area contributed by atoms with Crippen molar-refractivity contribution in [2.45, 2.75) is 55.7 Å². The van der Waals surface area contributed by atoms with Crippen molar-refractivity contribution >= 4 is 15.9 Å². The summed E-state index contributed by atoms with van der Waals surface area (Å²) < 4.78 is 35.1. The van der Waals surface area contributed by atoms with Crippen molar-refractivity contribution in [3.05, 3.63) is 48.3 Å². The van der Waals surface area contributed by atoms with Crippen molar-refractivity contribution in [3.63, 3.8) is 0 Å². The third kappa shape index (κ3) is 3.52. The molecule has 1 saturated heterocycles. The van der Waals surface area contributed by atoms with E-state index in [0.29, 0.717) is 39.0 Å². The van der Waals surface area contributed by atoms with Crippen LogP contribution in [0.4, 0.5) is 0 Å². The molecule has 2 aliphatic heterocycles. The van der Waals surface area contributed by atoms with Crippen molar-refractivity contribution in [2.24, 2.45) is 0 Å². The molecular formula is C20H25N5O4S. The van der Waals surface area contributed by atoms with E-state index >= 15 is 0 Å². The number of imidazole rings is 1. The molecule has 2 fully saturated rings. The van der Waals surface area contributed by atoms with E-state index in [1.807, 2.05) is 22.9 Å². The molecule has 9 nitrogen and oxygen atoms in total. The van der Waals surface area contributed by atoms with Crippen LogP contribution in [-0.2, 0) is 38.2 Å². The van der Waals surface area contributed by atoms with Crippen molar-refractivity contribution in [1.82, 2.24) is 24.2 Å². The van der Waals surface area contributed by atoms with Crippen LogP contribution in [0.5, 0.6) is 0 Å². The number of sulfonamides is 1. The van der Waals surface area contributed by atoms with E-state index in [2.05, 4.69) is 15.3 Å². The highest BCUT2D eigenvalue weighted by Crippen LogP contribution is 2.42. The van der Waals surface area contributed by atoms with Gasteiger partial charge in [0.05, 0.1) is 11.8 Å². The Kier molecular flexibility index (Phi) is 4.87. The molecule has 1 unspecified atom stereocenters. The predicted molar refractivity (Wildman–Crippen MR) is 108 cm³/mol. The summed E-state index contributed by atoms with van der Waals surface area (Å²) in [5, 5.41) is 2.71. The van der Waals surface area contributed by atoms with E-state index in [4.69, 9.17) is 4.74 Å². The van der Waals surface area contributed by atoms with E-state index < -0.39 is 21.7 Å². The van der Waals surface area contributed by atoms with Crippen molar-refractivity contribution in [3.8, 4) is 0 Å². The van der Waals surface area contributed by atoms with Crippen LogP contribution in [0, 0.1) is 0 Å². The van der Waals surface area contributed by atoms with E-state index in [0.717, 1.165) is 24.2 Å². The standard InChI is InChI=1S/C20H25N5O4S/c26-18(23-13-15-2-1-7-21-12-15)17-14-24-11-8-22-19(24)20(29-17)5-9-25(10-6-20)30(27,28)16-3-4-16/h1-2,7-8,11-12,16-17H,3-6,9-10,13-14H2,(H,23,26). The molecule has 2 aromatic rings. The molecule has 0 bridgehead atoms. The first-order valence-corrected chi connectivity index (χ1v) is 11.8. The Bertz CT molecular complexity index is 1030. The SMILES string of the molecule is O=C(NCc1cccnc1)C1Cn2ccnc2C2(CCN(S(=O)(=O)C3CC3)CC2)O1. The van der Waals surface area contributed by atoms with Gasteiger partial charge in [0.1, 0.15) is 11.4 Å². The molecular weight excluding hydrogens is 406 g/mol. The quantitative estimate of drug-likeness (QED) is 0.750.